The number of carbonyl (C=O) groups is 1. The van der Waals surface area contributed by atoms with Crippen molar-refractivity contribution in [2.24, 2.45) is 0 Å². The number of likely N-dealkylation sites (tertiary alicyclic amines) is 1. The Morgan fingerprint density at radius 3 is 2.72 bits per heavy atom. The number of benzene rings is 1. The van der Waals surface area contributed by atoms with Gasteiger partial charge in [0.2, 0.25) is 5.91 Å². The smallest absolute Gasteiger partial charge is 0.223 e. The molecule has 2 aromatic rings. The summed E-state index contributed by atoms with van der Waals surface area (Å²) in [6.07, 6.45) is 9.05. The Balaban J connectivity index is 1.73. The summed E-state index contributed by atoms with van der Waals surface area (Å²) in [6.45, 7) is 0.815. The van der Waals surface area contributed by atoms with E-state index >= 15 is 0 Å². The van der Waals surface area contributed by atoms with Crippen LogP contribution >= 0.6 is 23.2 Å². The Morgan fingerprint density at radius 2 is 1.92 bits per heavy atom. The Labute approximate surface area is 159 Å². The van der Waals surface area contributed by atoms with E-state index in [1.807, 2.05) is 29.2 Å². The van der Waals surface area contributed by atoms with E-state index in [0.717, 1.165) is 31.4 Å². The van der Waals surface area contributed by atoms with Gasteiger partial charge in [-0.05, 0) is 48.6 Å². The van der Waals surface area contributed by atoms with Gasteiger partial charge in [-0.25, -0.2) is 0 Å². The number of pyridine rings is 1. The Morgan fingerprint density at radius 1 is 1.12 bits per heavy atom. The molecule has 0 spiro atoms. The van der Waals surface area contributed by atoms with Crippen LogP contribution in [0.2, 0.25) is 10.0 Å². The first kappa shape index (κ1) is 18.2. The zero-order valence-corrected chi connectivity index (χ0v) is 15.6. The number of aromatic nitrogens is 1. The molecule has 1 aromatic carbocycles. The van der Waals surface area contributed by atoms with Crippen LogP contribution in [-0.4, -0.2) is 22.3 Å². The number of amides is 1. The van der Waals surface area contributed by atoms with Gasteiger partial charge in [0.15, 0.2) is 0 Å². The SMILES string of the molecule is O=C(CCc1cccc(Cl)c1Cl)N1CCCCCC1c1ccncc1. The molecule has 1 fully saturated rings. The third-order valence-corrected chi connectivity index (χ3v) is 5.66. The molecule has 1 saturated heterocycles. The van der Waals surface area contributed by atoms with Crippen molar-refractivity contribution in [3.05, 3.63) is 63.9 Å². The molecule has 2 heterocycles. The van der Waals surface area contributed by atoms with Crippen molar-refractivity contribution in [1.82, 2.24) is 9.88 Å². The van der Waals surface area contributed by atoms with E-state index < -0.39 is 0 Å². The summed E-state index contributed by atoms with van der Waals surface area (Å²) >= 11 is 12.3. The number of halogens is 2. The second-order valence-electron chi connectivity index (χ2n) is 6.45. The van der Waals surface area contributed by atoms with Crippen molar-refractivity contribution in [1.29, 1.82) is 0 Å². The van der Waals surface area contributed by atoms with Crippen LogP contribution in [0.5, 0.6) is 0 Å². The molecule has 1 aliphatic heterocycles. The van der Waals surface area contributed by atoms with Crippen molar-refractivity contribution >= 4 is 29.1 Å². The lowest BCUT2D eigenvalue weighted by Crippen LogP contribution is -2.35. The molecule has 1 atom stereocenters. The Bertz CT molecular complexity index is 721. The van der Waals surface area contributed by atoms with Crippen LogP contribution in [0.25, 0.3) is 0 Å². The molecule has 1 aliphatic rings. The summed E-state index contributed by atoms with van der Waals surface area (Å²) in [5.41, 5.74) is 2.10. The number of hydrogen-bond donors (Lipinski definition) is 0. The molecule has 0 bridgehead atoms. The van der Waals surface area contributed by atoms with Crippen molar-refractivity contribution in [3.63, 3.8) is 0 Å². The lowest BCUT2D eigenvalue weighted by molar-refractivity contribution is -0.133. The molecule has 3 nitrogen and oxygen atoms in total. The number of nitrogens with zero attached hydrogens (tertiary/aromatic N) is 2. The average Bonchev–Trinajstić information content (AvgIpc) is 2.89. The fraction of sp³-hybridized carbons (Fsp3) is 0.400. The molecule has 1 unspecified atom stereocenters. The summed E-state index contributed by atoms with van der Waals surface area (Å²) in [4.78, 5) is 19.1. The maximum atomic E-state index is 12.9. The largest absolute Gasteiger partial charge is 0.336 e. The third-order valence-electron chi connectivity index (χ3n) is 4.80. The topological polar surface area (TPSA) is 33.2 Å². The Hall–Kier alpha value is -1.58. The predicted molar refractivity (Wildman–Crippen MR) is 102 cm³/mol. The minimum Gasteiger partial charge on any atom is -0.336 e. The highest BCUT2D eigenvalue weighted by Gasteiger charge is 2.26. The number of carbonyl (C=O) groups excluding carboxylic acids is 1. The Kier molecular flexibility index (Phi) is 6.33. The molecular formula is C20H22Cl2N2O. The van der Waals surface area contributed by atoms with E-state index in [1.54, 1.807) is 18.5 Å². The van der Waals surface area contributed by atoms with Gasteiger partial charge < -0.3 is 4.90 Å². The molecule has 0 saturated carbocycles. The highest BCUT2D eigenvalue weighted by atomic mass is 35.5. The van der Waals surface area contributed by atoms with Gasteiger partial charge in [0, 0.05) is 25.4 Å². The molecule has 1 amide bonds. The van der Waals surface area contributed by atoms with Crippen LogP contribution in [0.4, 0.5) is 0 Å². The van der Waals surface area contributed by atoms with E-state index in [-0.39, 0.29) is 11.9 Å². The number of hydrogen-bond acceptors (Lipinski definition) is 2. The minimum absolute atomic E-state index is 0.146. The maximum Gasteiger partial charge on any atom is 0.223 e. The van der Waals surface area contributed by atoms with E-state index in [0.29, 0.717) is 22.9 Å². The highest BCUT2D eigenvalue weighted by molar-refractivity contribution is 6.42. The van der Waals surface area contributed by atoms with Gasteiger partial charge in [-0.2, -0.15) is 0 Å². The van der Waals surface area contributed by atoms with E-state index in [1.165, 1.54) is 12.0 Å². The van der Waals surface area contributed by atoms with E-state index in [2.05, 4.69) is 4.98 Å². The maximum absolute atomic E-state index is 12.9. The molecule has 132 valence electrons. The van der Waals surface area contributed by atoms with Crippen molar-refractivity contribution in [2.45, 2.75) is 44.6 Å². The molecule has 25 heavy (non-hydrogen) atoms. The first-order valence-electron chi connectivity index (χ1n) is 8.79. The standard InChI is InChI=1S/C20H22Cl2N2O/c21-17-6-4-5-16(20(17)22)8-9-19(25)24-14-3-1-2-7-18(24)15-10-12-23-13-11-15/h4-6,10-13,18H,1-3,7-9,14H2. The van der Waals surface area contributed by atoms with Gasteiger partial charge >= 0.3 is 0 Å². The van der Waals surface area contributed by atoms with Crippen molar-refractivity contribution in [3.8, 4) is 0 Å². The van der Waals surface area contributed by atoms with Crippen LogP contribution < -0.4 is 0 Å². The normalized spacial score (nSPS) is 18.0. The zero-order valence-electron chi connectivity index (χ0n) is 14.1. The predicted octanol–water partition coefficient (Wildman–Crippen LogP) is 5.46. The lowest BCUT2D eigenvalue weighted by Gasteiger charge is -2.30. The highest BCUT2D eigenvalue weighted by Crippen LogP contribution is 2.31. The molecule has 3 rings (SSSR count). The average molecular weight is 377 g/mol. The fourth-order valence-electron chi connectivity index (χ4n) is 3.47. The number of rotatable bonds is 4. The third kappa shape index (κ3) is 4.53. The second-order valence-corrected chi connectivity index (χ2v) is 7.23. The van der Waals surface area contributed by atoms with Crippen LogP contribution in [0.3, 0.4) is 0 Å². The molecule has 0 aliphatic carbocycles. The summed E-state index contributed by atoms with van der Waals surface area (Å²) in [7, 11) is 0. The first-order valence-corrected chi connectivity index (χ1v) is 9.54. The van der Waals surface area contributed by atoms with E-state index in [9.17, 15) is 4.79 Å². The van der Waals surface area contributed by atoms with Gasteiger partial charge in [-0.15, -0.1) is 0 Å². The van der Waals surface area contributed by atoms with Gasteiger partial charge in [0.1, 0.15) is 0 Å². The summed E-state index contributed by atoms with van der Waals surface area (Å²) in [5, 5.41) is 1.09. The first-order chi connectivity index (χ1) is 12.2. The van der Waals surface area contributed by atoms with Gasteiger partial charge in [-0.3, -0.25) is 9.78 Å². The van der Waals surface area contributed by atoms with Crippen LogP contribution in [-0.2, 0) is 11.2 Å². The number of aryl methyl sites for hydroxylation is 1. The molecule has 1 aromatic heterocycles. The monoisotopic (exact) mass is 376 g/mol. The van der Waals surface area contributed by atoms with Crippen LogP contribution in [0.1, 0.15) is 49.3 Å². The van der Waals surface area contributed by atoms with Crippen LogP contribution in [0.15, 0.2) is 42.7 Å². The second kappa shape index (κ2) is 8.68. The minimum atomic E-state index is 0.146. The van der Waals surface area contributed by atoms with Gasteiger partial charge in [0.25, 0.3) is 0 Å². The van der Waals surface area contributed by atoms with Crippen molar-refractivity contribution in [2.75, 3.05) is 6.54 Å². The summed E-state index contributed by atoms with van der Waals surface area (Å²) < 4.78 is 0. The molecule has 0 N–H and O–H groups in total. The molecular weight excluding hydrogens is 355 g/mol. The van der Waals surface area contributed by atoms with E-state index in [4.69, 9.17) is 23.2 Å². The zero-order chi connectivity index (χ0) is 17.6. The van der Waals surface area contributed by atoms with Crippen LogP contribution in [0, 0.1) is 0 Å². The quantitative estimate of drug-likeness (QED) is 0.708. The fourth-order valence-corrected chi connectivity index (χ4v) is 3.88. The van der Waals surface area contributed by atoms with Gasteiger partial charge in [0.05, 0.1) is 16.1 Å². The lowest BCUT2D eigenvalue weighted by atomic mass is 10.0. The molecule has 5 heteroatoms. The summed E-state index contributed by atoms with van der Waals surface area (Å²) in [6, 6.07) is 9.76. The molecule has 0 radical (unpaired) electrons. The van der Waals surface area contributed by atoms with Crippen molar-refractivity contribution < 1.29 is 4.79 Å². The van der Waals surface area contributed by atoms with Gasteiger partial charge in [-0.1, -0.05) is 48.2 Å². The summed E-state index contributed by atoms with van der Waals surface area (Å²) in [5.74, 6) is 0.180.